The molecule has 4 nitrogen and oxygen atoms in total. The van der Waals surface area contributed by atoms with Crippen molar-refractivity contribution < 1.29 is 8.81 Å². The summed E-state index contributed by atoms with van der Waals surface area (Å²) in [6, 6.07) is 15.5. The molecule has 3 heterocycles. The summed E-state index contributed by atoms with van der Waals surface area (Å²) in [4.78, 5) is 6.21. The van der Waals surface area contributed by atoms with Crippen molar-refractivity contribution in [2.45, 2.75) is 19.0 Å². The van der Waals surface area contributed by atoms with Crippen LogP contribution in [0.25, 0.3) is 0 Å². The molecule has 0 saturated carbocycles. The Kier molecular flexibility index (Phi) is 3.97. The largest absolute Gasteiger partial charge is 0.464 e. The number of hydrogen-bond donors (Lipinski definition) is 1. The monoisotopic (exact) mass is 353 g/mol. The van der Waals surface area contributed by atoms with Crippen molar-refractivity contribution in [2.24, 2.45) is 0 Å². The van der Waals surface area contributed by atoms with Gasteiger partial charge in [-0.05, 0) is 55.5 Å². The van der Waals surface area contributed by atoms with E-state index in [0.29, 0.717) is 16.6 Å². The Morgan fingerprint density at radius 2 is 1.92 bits per heavy atom. The first kappa shape index (κ1) is 15.8. The minimum Gasteiger partial charge on any atom is -0.464 e. The maximum absolute atomic E-state index is 14.5. The lowest BCUT2D eigenvalue weighted by molar-refractivity contribution is 0.416. The van der Waals surface area contributed by atoms with Gasteiger partial charge < -0.3 is 14.6 Å². The number of halogens is 1. The zero-order valence-electron chi connectivity index (χ0n) is 13.5. The van der Waals surface area contributed by atoms with E-state index in [1.807, 2.05) is 37.3 Å². The molecule has 4 rings (SSSR count). The van der Waals surface area contributed by atoms with Gasteiger partial charge in [0.15, 0.2) is 5.11 Å². The molecule has 126 valence electrons. The van der Waals surface area contributed by atoms with Crippen molar-refractivity contribution in [2.75, 3.05) is 4.90 Å². The Morgan fingerprint density at radius 3 is 2.60 bits per heavy atom. The minimum atomic E-state index is -0.332. The molecule has 1 fully saturated rings. The molecule has 0 unspecified atom stereocenters. The fraction of sp³-hybridized carbons (Fsp3) is 0.158. The molecule has 25 heavy (non-hydrogen) atoms. The average molecular weight is 353 g/mol. The third kappa shape index (κ3) is 2.78. The van der Waals surface area contributed by atoms with Gasteiger partial charge >= 0.3 is 0 Å². The zero-order chi connectivity index (χ0) is 17.4. The SMILES string of the molecule is Cc1ccc([C@@H]2[C@@H](c3ccccn3)NC(=S)N2c2ccccc2F)o1. The van der Waals surface area contributed by atoms with Gasteiger partial charge in [-0.3, -0.25) is 4.98 Å². The van der Waals surface area contributed by atoms with E-state index in [0.717, 1.165) is 11.5 Å². The number of rotatable bonds is 3. The molecular formula is C19H16FN3OS. The van der Waals surface area contributed by atoms with Crippen molar-refractivity contribution in [3.63, 3.8) is 0 Å². The average Bonchev–Trinajstić information content (AvgIpc) is 3.19. The summed E-state index contributed by atoms with van der Waals surface area (Å²) in [5.74, 6) is 1.17. The predicted octanol–water partition coefficient (Wildman–Crippen LogP) is 4.30. The van der Waals surface area contributed by atoms with Crippen molar-refractivity contribution in [1.29, 1.82) is 0 Å². The Labute approximate surface area is 150 Å². The van der Waals surface area contributed by atoms with Crippen LogP contribution in [0.2, 0.25) is 0 Å². The van der Waals surface area contributed by atoms with Crippen LogP contribution < -0.4 is 10.2 Å². The number of para-hydroxylation sites is 1. The highest BCUT2D eigenvalue weighted by Gasteiger charge is 2.43. The first-order chi connectivity index (χ1) is 12.1. The molecule has 1 N–H and O–H groups in total. The van der Waals surface area contributed by atoms with E-state index in [1.54, 1.807) is 29.3 Å². The number of pyridine rings is 1. The molecule has 0 bridgehead atoms. The number of aryl methyl sites for hydroxylation is 1. The van der Waals surface area contributed by atoms with Crippen LogP contribution in [0.5, 0.6) is 0 Å². The van der Waals surface area contributed by atoms with E-state index >= 15 is 0 Å². The molecule has 0 aliphatic carbocycles. The summed E-state index contributed by atoms with van der Waals surface area (Å²) in [6.07, 6.45) is 1.73. The number of thiocarbonyl (C=S) groups is 1. The van der Waals surface area contributed by atoms with Gasteiger partial charge in [-0.2, -0.15) is 0 Å². The van der Waals surface area contributed by atoms with Gasteiger partial charge in [-0.15, -0.1) is 0 Å². The van der Waals surface area contributed by atoms with E-state index in [4.69, 9.17) is 16.6 Å². The first-order valence-corrected chi connectivity index (χ1v) is 8.37. The molecule has 1 aliphatic rings. The molecule has 1 saturated heterocycles. The number of benzene rings is 1. The molecule has 2 aromatic heterocycles. The normalized spacial score (nSPS) is 19.9. The van der Waals surface area contributed by atoms with Crippen LogP contribution in [0.3, 0.4) is 0 Å². The van der Waals surface area contributed by atoms with E-state index < -0.39 is 0 Å². The third-order valence-corrected chi connectivity index (χ3v) is 4.58. The van der Waals surface area contributed by atoms with Crippen molar-refractivity contribution in [1.82, 2.24) is 10.3 Å². The molecule has 1 aromatic carbocycles. The highest BCUT2D eigenvalue weighted by atomic mass is 32.1. The Hall–Kier alpha value is -2.73. The summed E-state index contributed by atoms with van der Waals surface area (Å²) < 4.78 is 20.3. The first-order valence-electron chi connectivity index (χ1n) is 7.96. The maximum atomic E-state index is 14.5. The van der Waals surface area contributed by atoms with Gasteiger partial charge in [0.05, 0.1) is 17.4 Å². The second-order valence-electron chi connectivity index (χ2n) is 5.90. The van der Waals surface area contributed by atoms with E-state index in [1.165, 1.54) is 6.07 Å². The molecule has 0 spiro atoms. The lowest BCUT2D eigenvalue weighted by Gasteiger charge is -2.26. The van der Waals surface area contributed by atoms with Gasteiger partial charge in [0.2, 0.25) is 0 Å². The number of anilines is 1. The van der Waals surface area contributed by atoms with Crippen LogP contribution in [0.4, 0.5) is 10.1 Å². The lowest BCUT2D eigenvalue weighted by atomic mass is 10.0. The highest BCUT2D eigenvalue weighted by Crippen LogP contribution is 2.42. The van der Waals surface area contributed by atoms with Gasteiger partial charge in [0.1, 0.15) is 23.4 Å². The smallest absolute Gasteiger partial charge is 0.174 e. The fourth-order valence-electron chi connectivity index (χ4n) is 3.16. The standard InChI is InChI=1S/C19H16FN3OS/c1-12-9-10-16(24-12)18-17(14-7-4-5-11-21-14)22-19(25)23(18)15-8-3-2-6-13(15)20/h2-11,17-18H,1H3,(H,22,25)/t17-,18-/m1/s1. The van der Waals surface area contributed by atoms with Gasteiger partial charge in [0.25, 0.3) is 0 Å². The highest BCUT2D eigenvalue weighted by molar-refractivity contribution is 7.80. The molecule has 6 heteroatoms. The van der Waals surface area contributed by atoms with Crippen LogP contribution in [-0.2, 0) is 0 Å². The van der Waals surface area contributed by atoms with Crippen molar-refractivity contribution >= 4 is 23.0 Å². The van der Waals surface area contributed by atoms with Crippen LogP contribution >= 0.6 is 12.2 Å². The summed E-state index contributed by atoms with van der Waals surface area (Å²) in [5.41, 5.74) is 1.24. The van der Waals surface area contributed by atoms with E-state index in [9.17, 15) is 4.39 Å². The number of nitrogens with zero attached hydrogens (tertiary/aromatic N) is 2. The molecule has 0 amide bonds. The summed E-state index contributed by atoms with van der Waals surface area (Å²) in [5, 5.41) is 3.72. The van der Waals surface area contributed by atoms with Crippen molar-refractivity contribution in [3.8, 4) is 0 Å². The molecule has 0 radical (unpaired) electrons. The van der Waals surface area contributed by atoms with Crippen LogP contribution in [0.15, 0.2) is 65.2 Å². The summed E-state index contributed by atoms with van der Waals surface area (Å²) in [7, 11) is 0. The third-order valence-electron chi connectivity index (χ3n) is 4.26. The van der Waals surface area contributed by atoms with Gasteiger partial charge in [-0.1, -0.05) is 18.2 Å². The molecule has 3 aromatic rings. The minimum absolute atomic E-state index is 0.237. The topological polar surface area (TPSA) is 41.3 Å². The number of nitrogens with one attached hydrogen (secondary N) is 1. The quantitative estimate of drug-likeness (QED) is 0.711. The summed E-state index contributed by atoms with van der Waals surface area (Å²) >= 11 is 5.52. The van der Waals surface area contributed by atoms with E-state index in [2.05, 4.69) is 10.3 Å². The van der Waals surface area contributed by atoms with Crippen LogP contribution in [0.1, 0.15) is 29.3 Å². The maximum Gasteiger partial charge on any atom is 0.174 e. The van der Waals surface area contributed by atoms with Gasteiger partial charge in [-0.25, -0.2) is 4.39 Å². The summed E-state index contributed by atoms with van der Waals surface area (Å²) in [6.45, 7) is 1.88. The lowest BCUT2D eigenvalue weighted by Crippen LogP contribution is -2.30. The number of furan rings is 1. The Bertz CT molecular complexity index is 912. The second kappa shape index (κ2) is 6.29. The molecule has 1 aliphatic heterocycles. The van der Waals surface area contributed by atoms with Gasteiger partial charge in [0, 0.05) is 6.20 Å². The fourth-order valence-corrected chi connectivity index (χ4v) is 3.50. The molecular weight excluding hydrogens is 337 g/mol. The molecule has 2 atom stereocenters. The number of aromatic nitrogens is 1. The second-order valence-corrected chi connectivity index (χ2v) is 6.28. The van der Waals surface area contributed by atoms with Crippen molar-refractivity contribution in [3.05, 3.63) is 83.8 Å². The van der Waals surface area contributed by atoms with Crippen LogP contribution in [-0.4, -0.2) is 10.1 Å². The Morgan fingerprint density at radius 1 is 1.12 bits per heavy atom. The predicted molar refractivity (Wildman–Crippen MR) is 97.8 cm³/mol. The Balaban J connectivity index is 1.85. The number of hydrogen-bond acceptors (Lipinski definition) is 3. The zero-order valence-corrected chi connectivity index (χ0v) is 14.3. The van der Waals surface area contributed by atoms with Crippen LogP contribution in [0, 0.1) is 12.7 Å². The van der Waals surface area contributed by atoms with E-state index in [-0.39, 0.29) is 17.9 Å².